The van der Waals surface area contributed by atoms with E-state index in [0.717, 1.165) is 24.6 Å². The van der Waals surface area contributed by atoms with Crippen LogP contribution >= 0.6 is 0 Å². The zero-order valence-corrected chi connectivity index (χ0v) is 9.49. The van der Waals surface area contributed by atoms with Gasteiger partial charge in [-0.05, 0) is 30.2 Å². The Balaban J connectivity index is 2.41. The first-order valence-electron chi connectivity index (χ1n) is 5.39. The maximum Gasteiger partial charge on any atom is 0.119 e. The van der Waals surface area contributed by atoms with Gasteiger partial charge in [0, 0.05) is 18.8 Å². The predicted octanol–water partition coefficient (Wildman–Crippen LogP) is 2.09. The molecule has 0 aliphatic carbocycles. The average Bonchev–Trinajstić information content (AvgIpc) is 2.25. The minimum Gasteiger partial charge on any atom is -0.493 e. The second-order valence-corrected chi connectivity index (χ2v) is 3.94. The molecule has 0 amide bonds. The maximum atomic E-state index is 5.57. The molecule has 0 heterocycles. The highest BCUT2D eigenvalue weighted by atomic mass is 16.5. The number of nitrogens with two attached hydrogens (primary N) is 1. The molecule has 0 saturated carbocycles. The van der Waals surface area contributed by atoms with E-state index < -0.39 is 0 Å². The molecule has 0 bridgehead atoms. The summed E-state index contributed by atoms with van der Waals surface area (Å²) < 4.78 is 5.57. The smallest absolute Gasteiger partial charge is 0.119 e. The number of hydrogen-bond acceptors (Lipinski definition) is 3. The minimum absolute atomic E-state index is 0.556. The van der Waals surface area contributed by atoms with Crippen LogP contribution < -0.4 is 15.8 Å². The summed E-state index contributed by atoms with van der Waals surface area (Å²) in [4.78, 5) is 0. The molecule has 1 aromatic rings. The molecule has 3 N–H and O–H groups in total. The first-order chi connectivity index (χ1) is 7.22. The van der Waals surface area contributed by atoms with Crippen LogP contribution in [0.4, 0.5) is 5.69 Å². The van der Waals surface area contributed by atoms with E-state index in [1.165, 1.54) is 0 Å². The largest absolute Gasteiger partial charge is 0.493 e. The fourth-order valence-electron chi connectivity index (χ4n) is 1.15. The second kappa shape index (κ2) is 6.30. The van der Waals surface area contributed by atoms with Gasteiger partial charge in [0.2, 0.25) is 0 Å². The van der Waals surface area contributed by atoms with Crippen LogP contribution in [0, 0.1) is 5.92 Å². The Morgan fingerprint density at radius 1 is 1.27 bits per heavy atom. The van der Waals surface area contributed by atoms with Crippen LogP contribution in [0.3, 0.4) is 0 Å². The summed E-state index contributed by atoms with van der Waals surface area (Å²) in [6.45, 7) is 6.47. The van der Waals surface area contributed by atoms with Crippen LogP contribution in [0.15, 0.2) is 24.3 Å². The molecule has 3 heteroatoms. The van der Waals surface area contributed by atoms with Gasteiger partial charge in [-0.1, -0.05) is 13.8 Å². The van der Waals surface area contributed by atoms with E-state index in [1.807, 2.05) is 24.3 Å². The molecular weight excluding hydrogens is 188 g/mol. The van der Waals surface area contributed by atoms with Crippen molar-refractivity contribution < 1.29 is 4.74 Å². The third-order valence-electron chi connectivity index (χ3n) is 1.91. The highest BCUT2D eigenvalue weighted by Gasteiger charge is 1.97. The summed E-state index contributed by atoms with van der Waals surface area (Å²) in [5.41, 5.74) is 6.48. The summed E-state index contributed by atoms with van der Waals surface area (Å²) in [6, 6.07) is 7.96. The maximum absolute atomic E-state index is 5.57. The van der Waals surface area contributed by atoms with Crippen LogP contribution in [0.25, 0.3) is 0 Å². The fourth-order valence-corrected chi connectivity index (χ4v) is 1.15. The first kappa shape index (κ1) is 11.9. The normalized spacial score (nSPS) is 10.4. The van der Waals surface area contributed by atoms with Crippen LogP contribution in [0.1, 0.15) is 13.8 Å². The Morgan fingerprint density at radius 2 is 1.93 bits per heavy atom. The molecule has 3 nitrogen and oxygen atoms in total. The predicted molar refractivity (Wildman–Crippen MR) is 64.3 cm³/mol. The highest BCUT2D eigenvalue weighted by Crippen LogP contribution is 2.15. The zero-order valence-electron chi connectivity index (χ0n) is 9.49. The average molecular weight is 208 g/mol. The minimum atomic E-state index is 0.556. The lowest BCUT2D eigenvalue weighted by atomic mass is 10.2. The molecule has 0 fully saturated rings. The summed E-state index contributed by atoms with van der Waals surface area (Å²) in [5.74, 6) is 1.47. The summed E-state index contributed by atoms with van der Waals surface area (Å²) in [6.07, 6.45) is 0. The summed E-state index contributed by atoms with van der Waals surface area (Å²) >= 11 is 0. The molecule has 15 heavy (non-hydrogen) atoms. The monoisotopic (exact) mass is 208 g/mol. The molecule has 0 aliphatic heterocycles. The van der Waals surface area contributed by atoms with Gasteiger partial charge < -0.3 is 15.8 Å². The van der Waals surface area contributed by atoms with Gasteiger partial charge in [0.15, 0.2) is 0 Å². The van der Waals surface area contributed by atoms with Gasteiger partial charge in [-0.25, -0.2) is 0 Å². The van der Waals surface area contributed by atoms with E-state index in [-0.39, 0.29) is 0 Å². The summed E-state index contributed by atoms with van der Waals surface area (Å²) in [5, 5.41) is 3.21. The number of anilines is 1. The topological polar surface area (TPSA) is 47.3 Å². The van der Waals surface area contributed by atoms with Gasteiger partial charge >= 0.3 is 0 Å². The van der Waals surface area contributed by atoms with Gasteiger partial charge in [-0.3, -0.25) is 0 Å². The van der Waals surface area contributed by atoms with Gasteiger partial charge in [0.25, 0.3) is 0 Å². The standard InChI is InChI=1S/C12H20N2O/c1-10(2)9-15-12-5-3-11(4-6-12)14-8-7-13/h3-6,10,14H,7-9,13H2,1-2H3. The van der Waals surface area contributed by atoms with E-state index in [1.54, 1.807) is 0 Å². The van der Waals surface area contributed by atoms with Crippen LogP contribution in [0.2, 0.25) is 0 Å². The van der Waals surface area contributed by atoms with Crippen molar-refractivity contribution in [2.75, 3.05) is 25.0 Å². The number of rotatable bonds is 6. The van der Waals surface area contributed by atoms with E-state index in [4.69, 9.17) is 10.5 Å². The Hall–Kier alpha value is -1.22. The molecule has 84 valence electrons. The van der Waals surface area contributed by atoms with Crippen molar-refractivity contribution in [2.24, 2.45) is 11.7 Å². The van der Waals surface area contributed by atoms with Crippen molar-refractivity contribution in [1.82, 2.24) is 0 Å². The number of nitrogens with one attached hydrogen (secondary N) is 1. The molecule has 0 radical (unpaired) electrons. The van der Waals surface area contributed by atoms with Crippen molar-refractivity contribution in [2.45, 2.75) is 13.8 Å². The first-order valence-corrected chi connectivity index (χ1v) is 5.39. The fraction of sp³-hybridized carbons (Fsp3) is 0.500. The third kappa shape index (κ3) is 4.70. The molecule has 0 atom stereocenters. The highest BCUT2D eigenvalue weighted by molar-refractivity contribution is 5.46. The summed E-state index contributed by atoms with van der Waals surface area (Å²) in [7, 11) is 0. The van der Waals surface area contributed by atoms with Crippen molar-refractivity contribution in [1.29, 1.82) is 0 Å². The molecule has 0 unspecified atom stereocenters. The van der Waals surface area contributed by atoms with E-state index in [2.05, 4.69) is 19.2 Å². The van der Waals surface area contributed by atoms with Crippen molar-refractivity contribution >= 4 is 5.69 Å². The lowest BCUT2D eigenvalue weighted by Gasteiger charge is -2.09. The SMILES string of the molecule is CC(C)COc1ccc(NCCN)cc1. The third-order valence-corrected chi connectivity index (χ3v) is 1.91. The molecule has 0 aromatic heterocycles. The van der Waals surface area contributed by atoms with Gasteiger partial charge in [0.1, 0.15) is 5.75 Å². The van der Waals surface area contributed by atoms with Gasteiger partial charge in [0.05, 0.1) is 6.61 Å². The van der Waals surface area contributed by atoms with Crippen LogP contribution in [-0.4, -0.2) is 19.7 Å². The van der Waals surface area contributed by atoms with Gasteiger partial charge in [-0.2, -0.15) is 0 Å². The molecule has 1 aromatic carbocycles. The van der Waals surface area contributed by atoms with Crippen molar-refractivity contribution in [3.8, 4) is 5.75 Å². The number of benzene rings is 1. The lowest BCUT2D eigenvalue weighted by molar-refractivity contribution is 0.271. The van der Waals surface area contributed by atoms with Crippen LogP contribution in [0.5, 0.6) is 5.75 Å². The van der Waals surface area contributed by atoms with E-state index >= 15 is 0 Å². The van der Waals surface area contributed by atoms with Crippen molar-refractivity contribution in [3.63, 3.8) is 0 Å². The Morgan fingerprint density at radius 3 is 2.47 bits per heavy atom. The number of hydrogen-bond donors (Lipinski definition) is 2. The Labute approximate surface area is 91.6 Å². The second-order valence-electron chi connectivity index (χ2n) is 3.94. The van der Waals surface area contributed by atoms with E-state index in [9.17, 15) is 0 Å². The zero-order chi connectivity index (χ0) is 11.1. The van der Waals surface area contributed by atoms with E-state index in [0.29, 0.717) is 12.5 Å². The quantitative estimate of drug-likeness (QED) is 0.752. The molecule has 0 saturated heterocycles. The Kier molecular flexibility index (Phi) is 4.98. The molecule has 0 aliphatic rings. The Bertz CT molecular complexity index is 269. The van der Waals surface area contributed by atoms with Crippen molar-refractivity contribution in [3.05, 3.63) is 24.3 Å². The lowest BCUT2D eigenvalue weighted by Crippen LogP contribution is -2.12. The molecule has 0 spiro atoms. The van der Waals surface area contributed by atoms with Crippen LogP contribution in [-0.2, 0) is 0 Å². The number of ether oxygens (including phenoxy) is 1. The van der Waals surface area contributed by atoms with Gasteiger partial charge in [-0.15, -0.1) is 0 Å². The molecular formula is C12H20N2O. The molecule has 1 rings (SSSR count).